The highest BCUT2D eigenvalue weighted by Gasteiger charge is 2.58. The van der Waals surface area contributed by atoms with Crippen LogP contribution >= 0.6 is 11.8 Å². The van der Waals surface area contributed by atoms with Crippen molar-refractivity contribution in [2.75, 3.05) is 10.8 Å². The Morgan fingerprint density at radius 3 is 2.43 bits per heavy atom. The number of sulfonamides is 1. The van der Waals surface area contributed by atoms with Crippen molar-refractivity contribution in [3.05, 3.63) is 58.8 Å². The third kappa shape index (κ3) is 3.89. The van der Waals surface area contributed by atoms with Crippen LogP contribution in [0.15, 0.2) is 58.1 Å². The van der Waals surface area contributed by atoms with Crippen molar-refractivity contribution in [2.45, 2.75) is 74.7 Å². The van der Waals surface area contributed by atoms with Crippen LogP contribution in [-0.4, -0.2) is 53.4 Å². The van der Waals surface area contributed by atoms with Gasteiger partial charge in [0.15, 0.2) is 0 Å². The van der Waals surface area contributed by atoms with E-state index in [0.29, 0.717) is 16.0 Å². The molecule has 3 atom stereocenters. The van der Waals surface area contributed by atoms with Crippen molar-refractivity contribution in [1.82, 2.24) is 4.90 Å². The van der Waals surface area contributed by atoms with Crippen LogP contribution in [0.1, 0.15) is 57.4 Å². The van der Waals surface area contributed by atoms with E-state index in [-0.39, 0.29) is 28.0 Å². The number of hydrogen-bond acceptors (Lipinski definition) is 7. The van der Waals surface area contributed by atoms with Gasteiger partial charge in [0.2, 0.25) is 5.91 Å². The molecule has 3 unspecified atom stereocenters. The van der Waals surface area contributed by atoms with Crippen molar-refractivity contribution in [1.29, 1.82) is 0 Å². The molecule has 6 aliphatic rings. The van der Waals surface area contributed by atoms with Crippen molar-refractivity contribution >= 4 is 50.1 Å². The van der Waals surface area contributed by atoms with Crippen LogP contribution in [0.3, 0.4) is 0 Å². The van der Waals surface area contributed by atoms with Gasteiger partial charge in [0.05, 0.1) is 29.1 Å². The van der Waals surface area contributed by atoms with Gasteiger partial charge in [-0.3, -0.25) is 14.0 Å². The number of anilines is 1. The van der Waals surface area contributed by atoms with E-state index in [0.717, 1.165) is 79.8 Å². The Balaban J connectivity index is 1.21. The van der Waals surface area contributed by atoms with Crippen LogP contribution in [0, 0.1) is 16.7 Å². The van der Waals surface area contributed by atoms with Crippen LogP contribution < -0.4 is 10.0 Å². The van der Waals surface area contributed by atoms with E-state index in [1.54, 1.807) is 12.1 Å². The third-order valence-corrected chi connectivity index (χ3v) is 13.6. The minimum absolute atomic E-state index is 0.191. The average molecular weight is 610 g/mol. The molecule has 0 radical (unpaired) electrons. The van der Waals surface area contributed by atoms with Gasteiger partial charge >= 0.3 is 5.97 Å². The normalized spacial score (nSPS) is 31.4. The monoisotopic (exact) mass is 609 g/mol. The Kier molecular flexibility index (Phi) is 6.11. The first kappa shape index (κ1) is 27.8. The number of benzene rings is 2. The summed E-state index contributed by atoms with van der Waals surface area (Å²) in [5.41, 5.74) is 8.70. The van der Waals surface area contributed by atoms with E-state index in [9.17, 15) is 28.2 Å². The Labute approximate surface area is 249 Å². The average Bonchev–Trinajstić information content (AvgIpc) is 3.36. The number of aliphatic hydroxyl groups is 1. The minimum atomic E-state index is -3.96. The summed E-state index contributed by atoms with van der Waals surface area (Å²) in [5.74, 6) is -2.46. The second-order valence-corrected chi connectivity index (χ2v) is 16.0. The first-order valence-electron chi connectivity index (χ1n) is 14.5. The van der Waals surface area contributed by atoms with E-state index < -0.39 is 39.3 Å². The van der Waals surface area contributed by atoms with Crippen LogP contribution in [0.2, 0.25) is 0 Å². The lowest BCUT2D eigenvalue weighted by atomic mass is 9.51. The van der Waals surface area contributed by atoms with Crippen LogP contribution in [0.25, 0.3) is 10.8 Å². The molecule has 9 nitrogen and oxygen atoms in total. The summed E-state index contributed by atoms with van der Waals surface area (Å²) in [4.78, 5) is 26.6. The lowest BCUT2D eigenvalue weighted by molar-refractivity contribution is -0.156. The first-order chi connectivity index (χ1) is 19.9. The highest BCUT2D eigenvalue weighted by atomic mass is 32.2. The smallest absolute Gasteiger partial charge is 0.353 e. The van der Waals surface area contributed by atoms with Crippen LogP contribution in [0.5, 0.6) is 0 Å². The molecule has 42 heavy (non-hydrogen) atoms. The quantitative estimate of drug-likeness (QED) is 0.376. The zero-order valence-corrected chi connectivity index (χ0v) is 25.1. The van der Waals surface area contributed by atoms with Gasteiger partial charge in [-0.25, -0.2) is 13.2 Å². The number of rotatable bonds is 8. The van der Waals surface area contributed by atoms with E-state index in [4.69, 9.17) is 5.73 Å². The van der Waals surface area contributed by atoms with Crippen molar-refractivity contribution in [2.24, 2.45) is 22.5 Å². The summed E-state index contributed by atoms with van der Waals surface area (Å²) in [6.45, 7) is 5.27. The summed E-state index contributed by atoms with van der Waals surface area (Å²) in [7, 11) is -3.96. The number of carbonyl (C=O) groups is 2. The molecule has 4 N–H and O–H groups in total. The predicted octanol–water partition coefficient (Wildman–Crippen LogP) is 4.30. The van der Waals surface area contributed by atoms with Gasteiger partial charge in [0, 0.05) is 16.0 Å². The highest BCUT2D eigenvalue weighted by molar-refractivity contribution is 8.04. The molecule has 3 saturated carbocycles. The zero-order chi connectivity index (χ0) is 29.8. The number of β-lactam (4-membered cyclic amide) rings is 1. The van der Waals surface area contributed by atoms with Gasteiger partial charge in [0.1, 0.15) is 11.1 Å². The molecule has 2 bridgehead atoms. The Hall–Kier alpha value is -3.02. The van der Waals surface area contributed by atoms with E-state index in [2.05, 4.69) is 6.58 Å². The molecule has 8 rings (SSSR count). The zero-order valence-electron chi connectivity index (χ0n) is 23.5. The fraction of sp³-hybridized carbons (Fsp3) is 0.484. The summed E-state index contributed by atoms with van der Waals surface area (Å²) in [5, 5.41) is 21.1. The van der Waals surface area contributed by atoms with Gasteiger partial charge in [-0.05, 0) is 92.2 Å². The minimum Gasteiger partial charge on any atom is -0.477 e. The molecule has 3 aliphatic carbocycles. The number of allylic oxidation sites excluding steroid dienone is 1. The maximum Gasteiger partial charge on any atom is 0.353 e. The number of nitrogens with two attached hydrogens (primary N) is 1. The maximum absolute atomic E-state index is 13.9. The standard InChI is InChI=1S/C31H35N3O6S2/c1-17(32)14-30-8-11-31(12-9-30,13-10-30)15-19-6-7-21-25-20(19)4-3-5-23(25)42(39,40)33(21)16-22-26(29(37)38)34-27(36)24(18(2)35)28(34)41-22/h3-7,18,24,28,35H,1,8-16,32H2,2H3,(H,37,38). The highest BCUT2D eigenvalue weighted by Crippen LogP contribution is 2.60. The molecule has 222 valence electrons. The first-order valence-corrected chi connectivity index (χ1v) is 16.8. The number of carboxylic acid groups (broad SMARTS) is 1. The molecular formula is C31H35N3O6S2. The van der Waals surface area contributed by atoms with Gasteiger partial charge in [-0.15, -0.1) is 0 Å². The lowest BCUT2D eigenvalue weighted by Gasteiger charge is -2.54. The number of aliphatic hydroxyl groups excluding tert-OH is 1. The van der Waals surface area contributed by atoms with Gasteiger partial charge in [-0.2, -0.15) is 0 Å². The molecule has 2 aromatic carbocycles. The molecule has 4 fully saturated rings. The number of fused-ring (bicyclic) bond motifs is 4. The largest absolute Gasteiger partial charge is 0.477 e. The Bertz CT molecular complexity index is 1690. The molecule has 1 saturated heterocycles. The number of amides is 1. The third-order valence-electron chi connectivity index (χ3n) is 10.5. The van der Waals surface area contributed by atoms with Crippen LogP contribution in [0.4, 0.5) is 5.69 Å². The van der Waals surface area contributed by atoms with E-state index >= 15 is 0 Å². The van der Waals surface area contributed by atoms with Gasteiger partial charge in [-0.1, -0.05) is 36.5 Å². The fourth-order valence-corrected chi connectivity index (χ4v) is 11.6. The number of thioether (sulfide) groups is 1. The SMILES string of the molecule is C=C(N)CC12CCC(Cc3ccc4c5c(cccc35)S(=O)(=O)N4CC3=C(C(=O)O)N4C(=O)C(C(C)O)C4S3)(CC1)CC2. The summed E-state index contributed by atoms with van der Waals surface area (Å²) in [6, 6.07) is 9.29. The van der Waals surface area contributed by atoms with Gasteiger partial charge < -0.3 is 15.9 Å². The van der Waals surface area contributed by atoms with E-state index in [1.807, 2.05) is 18.2 Å². The molecule has 0 spiro atoms. The second-order valence-electron chi connectivity index (χ2n) is 13.0. The molecule has 11 heteroatoms. The lowest BCUT2D eigenvalue weighted by Crippen LogP contribution is -2.60. The Morgan fingerprint density at radius 2 is 1.81 bits per heavy atom. The number of carboxylic acids is 1. The van der Waals surface area contributed by atoms with Crippen molar-refractivity contribution in [3.63, 3.8) is 0 Å². The molecule has 3 aliphatic heterocycles. The van der Waals surface area contributed by atoms with Crippen molar-refractivity contribution < 1.29 is 28.2 Å². The van der Waals surface area contributed by atoms with Gasteiger partial charge in [0.25, 0.3) is 10.0 Å². The molecule has 2 aromatic rings. The maximum atomic E-state index is 13.9. The summed E-state index contributed by atoms with van der Waals surface area (Å²) < 4.78 is 29.1. The van der Waals surface area contributed by atoms with E-state index in [1.165, 1.54) is 16.1 Å². The number of hydrogen-bond donors (Lipinski definition) is 3. The number of aliphatic carboxylic acids is 1. The second kappa shape index (κ2) is 9.24. The number of nitrogens with zero attached hydrogens (tertiary/aromatic N) is 2. The fourth-order valence-electron chi connectivity index (χ4n) is 8.26. The Morgan fingerprint density at radius 1 is 1.14 bits per heavy atom. The molecule has 3 heterocycles. The van der Waals surface area contributed by atoms with Crippen LogP contribution in [-0.2, 0) is 26.0 Å². The molecular weight excluding hydrogens is 574 g/mol. The molecule has 1 amide bonds. The predicted molar refractivity (Wildman–Crippen MR) is 161 cm³/mol. The topological polar surface area (TPSA) is 141 Å². The molecule has 0 aromatic heterocycles. The summed E-state index contributed by atoms with van der Waals surface area (Å²) in [6.07, 6.45) is 7.64. The van der Waals surface area contributed by atoms with Crippen molar-refractivity contribution in [3.8, 4) is 0 Å². The number of carbonyl (C=O) groups excluding carboxylic acids is 1. The summed E-state index contributed by atoms with van der Waals surface area (Å²) >= 11 is 1.15.